The summed E-state index contributed by atoms with van der Waals surface area (Å²) in [5.74, 6) is 0.746. The van der Waals surface area contributed by atoms with E-state index in [1.807, 2.05) is 39.9 Å². The van der Waals surface area contributed by atoms with Crippen LogP contribution in [0.4, 0.5) is 5.82 Å². The molecular weight excluding hydrogens is 579 g/mol. The van der Waals surface area contributed by atoms with Crippen LogP contribution >= 0.6 is 23.2 Å². The Morgan fingerprint density at radius 3 is 2.67 bits per heavy atom. The van der Waals surface area contributed by atoms with Crippen LogP contribution in [0.2, 0.25) is 10.0 Å². The molecule has 7 rings (SSSR count). The maximum Gasteiger partial charge on any atom is 0.327 e. The van der Waals surface area contributed by atoms with Gasteiger partial charge in [0.1, 0.15) is 24.3 Å². The van der Waals surface area contributed by atoms with E-state index < -0.39 is 0 Å². The lowest BCUT2D eigenvalue weighted by molar-refractivity contribution is -0.133. The Kier molecular flexibility index (Phi) is 6.88. The molecule has 2 saturated heterocycles. The molecule has 0 spiro atoms. The monoisotopic (exact) mass is 606 g/mol. The number of H-pyrrole nitrogens is 1. The van der Waals surface area contributed by atoms with Crippen LogP contribution in [0.25, 0.3) is 33.3 Å². The minimum Gasteiger partial charge on any atom is -0.378 e. The van der Waals surface area contributed by atoms with Crippen molar-refractivity contribution >= 4 is 57.1 Å². The van der Waals surface area contributed by atoms with Crippen LogP contribution in [0.3, 0.4) is 0 Å². The average molecular weight is 608 g/mol. The summed E-state index contributed by atoms with van der Waals surface area (Å²) in [5, 5.41) is 1.69. The van der Waals surface area contributed by atoms with Crippen molar-refractivity contribution in [2.24, 2.45) is 0 Å². The average Bonchev–Trinajstić information content (AvgIpc) is 3.51. The van der Waals surface area contributed by atoms with Crippen molar-refractivity contribution in [2.45, 2.75) is 31.5 Å². The minimum atomic E-state index is -0.172. The molecule has 5 aromatic rings. The lowest BCUT2D eigenvalue weighted by Crippen LogP contribution is -2.52. The summed E-state index contributed by atoms with van der Waals surface area (Å²) >= 11 is 13.1. The SMILES string of the molecule is COC1CN(c2ncnc3c2c(-c2cccc(Cl)c2Cl)cn3CC(=O)N2CCC(n3c(=O)[nH]c4ncccc43)CC2)C1. The standard InChI is InChI=1S/C29H28Cl2N8O3/c1-42-18-12-37(13-18)27-24-20(19-4-2-5-21(30)25(19)31)14-38(28(24)34-16-33-27)15-23(40)36-10-7-17(8-11-36)39-22-6-3-9-32-26(22)35-29(39)41/h2-6,9,14,16-18H,7-8,10-13,15H2,1H3,(H,32,35,41). The fourth-order valence-electron chi connectivity index (χ4n) is 6.08. The van der Waals surface area contributed by atoms with Crippen molar-refractivity contribution in [1.82, 2.24) is 34.0 Å². The van der Waals surface area contributed by atoms with Crippen molar-refractivity contribution < 1.29 is 9.53 Å². The summed E-state index contributed by atoms with van der Waals surface area (Å²) in [7, 11) is 1.70. The molecular formula is C29H28Cl2N8O3. The number of anilines is 1. The maximum atomic E-state index is 13.6. The Hall–Kier alpha value is -3.93. The van der Waals surface area contributed by atoms with Crippen molar-refractivity contribution in [3.05, 3.63) is 69.6 Å². The molecule has 13 heteroatoms. The topological polar surface area (TPSA) is 114 Å². The number of aromatic amines is 1. The summed E-state index contributed by atoms with van der Waals surface area (Å²) in [4.78, 5) is 46.6. The van der Waals surface area contributed by atoms with E-state index in [4.69, 9.17) is 27.9 Å². The Bertz CT molecular complexity index is 1870. The number of aromatic nitrogens is 6. The van der Waals surface area contributed by atoms with Gasteiger partial charge in [0, 0.05) is 62.9 Å². The number of amides is 1. The molecule has 0 bridgehead atoms. The number of methoxy groups -OCH3 is 1. The first-order valence-corrected chi connectivity index (χ1v) is 14.6. The highest BCUT2D eigenvalue weighted by Crippen LogP contribution is 2.41. The highest BCUT2D eigenvalue weighted by molar-refractivity contribution is 6.44. The number of imidazole rings is 1. The van der Waals surface area contributed by atoms with E-state index in [-0.39, 0.29) is 30.3 Å². The fourth-order valence-corrected chi connectivity index (χ4v) is 6.49. The molecule has 216 valence electrons. The summed E-state index contributed by atoms with van der Waals surface area (Å²) in [5.41, 5.74) is 3.40. The second-order valence-electron chi connectivity index (χ2n) is 10.7. The summed E-state index contributed by atoms with van der Waals surface area (Å²) in [6.07, 6.45) is 6.58. The molecule has 11 nitrogen and oxygen atoms in total. The minimum absolute atomic E-state index is 0.00812. The van der Waals surface area contributed by atoms with Crippen LogP contribution < -0.4 is 10.6 Å². The van der Waals surface area contributed by atoms with E-state index in [9.17, 15) is 9.59 Å². The number of fused-ring (bicyclic) bond motifs is 2. The molecule has 2 aliphatic heterocycles. The van der Waals surface area contributed by atoms with Gasteiger partial charge in [-0.3, -0.25) is 14.3 Å². The number of pyridine rings is 1. The van der Waals surface area contributed by atoms with Crippen LogP contribution in [-0.2, 0) is 16.1 Å². The number of benzene rings is 1. The van der Waals surface area contributed by atoms with Crippen LogP contribution in [0.15, 0.2) is 53.8 Å². The number of likely N-dealkylation sites (tertiary alicyclic amines) is 1. The molecule has 0 saturated carbocycles. The molecule has 0 aliphatic carbocycles. The highest BCUT2D eigenvalue weighted by Gasteiger charge is 2.32. The number of halogens is 2. The Morgan fingerprint density at radius 2 is 1.88 bits per heavy atom. The number of piperidine rings is 1. The first-order chi connectivity index (χ1) is 20.4. The van der Waals surface area contributed by atoms with Gasteiger partial charge in [-0.25, -0.2) is 19.7 Å². The third kappa shape index (κ3) is 4.52. The van der Waals surface area contributed by atoms with E-state index >= 15 is 0 Å². The smallest absolute Gasteiger partial charge is 0.327 e. The lowest BCUT2D eigenvalue weighted by Gasteiger charge is -2.39. The summed E-state index contributed by atoms with van der Waals surface area (Å²) in [6.45, 7) is 2.61. The largest absolute Gasteiger partial charge is 0.378 e. The zero-order valence-corrected chi connectivity index (χ0v) is 24.3. The summed E-state index contributed by atoms with van der Waals surface area (Å²) < 4.78 is 9.12. The van der Waals surface area contributed by atoms with Gasteiger partial charge in [0.2, 0.25) is 5.91 Å². The van der Waals surface area contributed by atoms with E-state index in [0.717, 1.165) is 27.8 Å². The molecule has 1 aromatic carbocycles. The Balaban J connectivity index is 1.17. The van der Waals surface area contributed by atoms with Gasteiger partial charge in [-0.2, -0.15) is 0 Å². The number of carbonyl (C=O) groups is 1. The van der Waals surface area contributed by atoms with E-state index in [1.54, 1.807) is 23.9 Å². The van der Waals surface area contributed by atoms with E-state index in [1.165, 1.54) is 6.33 Å². The molecule has 2 aliphatic rings. The molecule has 1 N–H and O–H groups in total. The molecule has 1 amide bonds. The Morgan fingerprint density at radius 1 is 1.07 bits per heavy atom. The van der Waals surface area contributed by atoms with E-state index in [2.05, 4.69) is 24.8 Å². The van der Waals surface area contributed by atoms with Gasteiger partial charge in [0.05, 0.1) is 27.1 Å². The number of ether oxygens (including phenoxy) is 1. The molecule has 42 heavy (non-hydrogen) atoms. The predicted octanol–water partition coefficient (Wildman–Crippen LogP) is 4.14. The second kappa shape index (κ2) is 10.7. The van der Waals surface area contributed by atoms with Crippen molar-refractivity contribution in [3.8, 4) is 11.1 Å². The third-order valence-electron chi connectivity index (χ3n) is 8.33. The van der Waals surface area contributed by atoms with Gasteiger partial charge in [0.25, 0.3) is 0 Å². The number of nitrogens with zero attached hydrogens (tertiary/aromatic N) is 7. The fraction of sp³-hybridized carbons (Fsp3) is 0.345. The van der Waals surface area contributed by atoms with E-state index in [0.29, 0.717) is 60.4 Å². The zero-order valence-electron chi connectivity index (χ0n) is 22.8. The summed E-state index contributed by atoms with van der Waals surface area (Å²) in [6, 6.07) is 9.22. The maximum absolute atomic E-state index is 13.6. The van der Waals surface area contributed by atoms with Gasteiger partial charge >= 0.3 is 5.69 Å². The second-order valence-corrected chi connectivity index (χ2v) is 11.5. The molecule has 0 radical (unpaired) electrons. The first kappa shape index (κ1) is 26.9. The van der Waals surface area contributed by atoms with Crippen LogP contribution in [0.1, 0.15) is 18.9 Å². The van der Waals surface area contributed by atoms with Crippen molar-refractivity contribution in [3.63, 3.8) is 0 Å². The third-order valence-corrected chi connectivity index (χ3v) is 9.15. The van der Waals surface area contributed by atoms with Gasteiger partial charge in [-0.1, -0.05) is 35.3 Å². The number of rotatable bonds is 6. The van der Waals surface area contributed by atoms with Crippen LogP contribution in [-0.4, -0.2) is 79.3 Å². The van der Waals surface area contributed by atoms with Gasteiger partial charge in [-0.05, 0) is 31.0 Å². The van der Waals surface area contributed by atoms with Crippen LogP contribution in [0.5, 0.6) is 0 Å². The number of hydrogen-bond donors (Lipinski definition) is 1. The molecule has 6 heterocycles. The van der Waals surface area contributed by atoms with Crippen molar-refractivity contribution in [2.75, 3.05) is 38.2 Å². The number of hydrogen-bond acceptors (Lipinski definition) is 7. The molecule has 0 unspecified atom stereocenters. The number of nitrogens with one attached hydrogen (secondary N) is 1. The first-order valence-electron chi connectivity index (χ1n) is 13.8. The highest BCUT2D eigenvalue weighted by atomic mass is 35.5. The molecule has 4 aromatic heterocycles. The van der Waals surface area contributed by atoms with Crippen molar-refractivity contribution in [1.29, 1.82) is 0 Å². The normalized spacial score (nSPS) is 16.5. The number of carbonyl (C=O) groups excluding carboxylic acids is 1. The Labute approximate surface area is 250 Å². The van der Waals surface area contributed by atoms with Gasteiger partial charge < -0.3 is 19.1 Å². The van der Waals surface area contributed by atoms with Gasteiger partial charge in [-0.15, -0.1) is 0 Å². The lowest BCUT2D eigenvalue weighted by atomic mass is 10.0. The molecule has 2 fully saturated rings. The predicted molar refractivity (Wildman–Crippen MR) is 161 cm³/mol. The molecule has 0 atom stereocenters. The quantitative estimate of drug-likeness (QED) is 0.309. The van der Waals surface area contributed by atoms with Crippen LogP contribution in [0, 0.1) is 0 Å². The zero-order chi connectivity index (χ0) is 29.0. The van der Waals surface area contributed by atoms with Gasteiger partial charge in [0.15, 0.2) is 5.65 Å².